The Morgan fingerprint density at radius 2 is 2.19 bits per heavy atom. The van der Waals surface area contributed by atoms with Gasteiger partial charge in [-0.05, 0) is 25.7 Å². The molecule has 5 heteroatoms. The minimum absolute atomic E-state index is 0.466. The van der Waals surface area contributed by atoms with E-state index in [1.165, 1.54) is 19.3 Å². The quantitative estimate of drug-likeness (QED) is 0.534. The van der Waals surface area contributed by atoms with Gasteiger partial charge in [-0.25, -0.2) is 10.8 Å². The molecule has 1 aromatic rings. The van der Waals surface area contributed by atoms with Gasteiger partial charge in [0.05, 0.1) is 0 Å². The molecular formula is C11H19N5. The monoisotopic (exact) mass is 221 g/mol. The molecule has 1 fully saturated rings. The van der Waals surface area contributed by atoms with E-state index in [9.17, 15) is 0 Å². The molecule has 2 rings (SSSR count). The summed E-state index contributed by atoms with van der Waals surface area (Å²) in [5.74, 6) is 7.36. The Morgan fingerprint density at radius 3 is 2.81 bits per heavy atom. The van der Waals surface area contributed by atoms with Crippen LogP contribution in [0.5, 0.6) is 0 Å². The second-order valence-corrected chi connectivity index (χ2v) is 4.52. The summed E-state index contributed by atoms with van der Waals surface area (Å²) in [7, 11) is 0. The lowest BCUT2D eigenvalue weighted by atomic mass is 10.1. The topological polar surface area (TPSA) is 75.9 Å². The predicted molar refractivity (Wildman–Crippen MR) is 65.0 cm³/mol. The van der Waals surface area contributed by atoms with Gasteiger partial charge in [0, 0.05) is 17.8 Å². The molecule has 0 radical (unpaired) electrons. The number of nitrogen functional groups attached to an aromatic ring is 1. The van der Waals surface area contributed by atoms with Crippen molar-refractivity contribution in [2.24, 2.45) is 11.8 Å². The summed E-state index contributed by atoms with van der Waals surface area (Å²) in [5.41, 5.74) is 3.40. The minimum atomic E-state index is 0.466. The van der Waals surface area contributed by atoms with E-state index < -0.39 is 0 Å². The minimum Gasteiger partial charge on any atom is -0.367 e. The van der Waals surface area contributed by atoms with Crippen LogP contribution in [0.1, 0.15) is 31.9 Å². The molecule has 0 saturated heterocycles. The first-order valence-electron chi connectivity index (χ1n) is 5.78. The molecule has 88 valence electrons. The lowest BCUT2D eigenvalue weighted by Gasteiger charge is -2.18. The third-order valence-corrected chi connectivity index (χ3v) is 3.18. The normalized spacial score (nSPS) is 24.4. The molecule has 5 nitrogen and oxygen atoms in total. The van der Waals surface area contributed by atoms with Crippen LogP contribution in [-0.4, -0.2) is 16.0 Å². The first-order valence-corrected chi connectivity index (χ1v) is 5.78. The van der Waals surface area contributed by atoms with Crippen molar-refractivity contribution in [2.45, 2.75) is 39.2 Å². The van der Waals surface area contributed by atoms with E-state index in [0.29, 0.717) is 17.9 Å². The number of aromatic nitrogens is 2. The molecule has 0 aromatic carbocycles. The maximum atomic E-state index is 5.32. The molecule has 2 unspecified atom stereocenters. The number of hydrogen-bond acceptors (Lipinski definition) is 5. The number of hydrogen-bond donors (Lipinski definition) is 3. The van der Waals surface area contributed by atoms with Crippen LogP contribution in [0.4, 0.5) is 11.8 Å². The van der Waals surface area contributed by atoms with Crippen molar-refractivity contribution in [1.82, 2.24) is 9.97 Å². The number of nitrogens with two attached hydrogens (primary N) is 1. The van der Waals surface area contributed by atoms with Gasteiger partial charge in [-0.3, -0.25) is 5.43 Å². The summed E-state index contributed by atoms with van der Waals surface area (Å²) in [6.07, 6.45) is 3.81. The zero-order chi connectivity index (χ0) is 11.5. The van der Waals surface area contributed by atoms with Crippen molar-refractivity contribution in [3.63, 3.8) is 0 Å². The van der Waals surface area contributed by atoms with Crippen LogP contribution < -0.4 is 16.6 Å². The Labute approximate surface area is 95.8 Å². The molecule has 4 N–H and O–H groups in total. The molecule has 1 aliphatic carbocycles. The maximum Gasteiger partial charge on any atom is 0.239 e. The molecule has 0 bridgehead atoms. The van der Waals surface area contributed by atoms with E-state index in [1.807, 2.05) is 13.0 Å². The Hall–Kier alpha value is -1.36. The van der Waals surface area contributed by atoms with Gasteiger partial charge in [-0.15, -0.1) is 0 Å². The van der Waals surface area contributed by atoms with E-state index in [2.05, 4.69) is 27.6 Å². The van der Waals surface area contributed by atoms with Gasteiger partial charge in [0.25, 0.3) is 0 Å². The van der Waals surface area contributed by atoms with Gasteiger partial charge >= 0.3 is 0 Å². The van der Waals surface area contributed by atoms with Crippen molar-refractivity contribution in [2.75, 3.05) is 10.7 Å². The molecule has 1 aliphatic rings. The summed E-state index contributed by atoms with van der Waals surface area (Å²) in [5, 5.41) is 3.46. The average Bonchev–Trinajstić information content (AvgIpc) is 2.63. The number of nitrogens with zero attached hydrogens (tertiary/aromatic N) is 2. The Morgan fingerprint density at radius 1 is 1.38 bits per heavy atom. The highest BCUT2D eigenvalue weighted by Crippen LogP contribution is 2.27. The lowest BCUT2D eigenvalue weighted by Crippen LogP contribution is -2.23. The fourth-order valence-electron chi connectivity index (χ4n) is 2.26. The third kappa shape index (κ3) is 2.41. The number of anilines is 2. The van der Waals surface area contributed by atoms with Crippen LogP contribution >= 0.6 is 0 Å². The van der Waals surface area contributed by atoms with Gasteiger partial charge in [0.1, 0.15) is 5.82 Å². The molecule has 1 saturated carbocycles. The van der Waals surface area contributed by atoms with Gasteiger partial charge in [0.15, 0.2) is 0 Å². The molecule has 0 aliphatic heterocycles. The highest BCUT2D eigenvalue weighted by Gasteiger charge is 2.23. The van der Waals surface area contributed by atoms with Crippen LogP contribution in [-0.2, 0) is 0 Å². The van der Waals surface area contributed by atoms with Crippen molar-refractivity contribution in [3.8, 4) is 0 Å². The standard InChI is InChI=1S/C11H19N5/c1-7-4-3-5-9(7)14-10-6-8(2)13-11(15-10)16-12/h6-7,9H,3-5,12H2,1-2H3,(H2,13,14,15,16). The number of aryl methyl sites for hydroxylation is 1. The summed E-state index contributed by atoms with van der Waals surface area (Å²) in [6, 6.07) is 2.48. The molecule has 2 atom stereocenters. The van der Waals surface area contributed by atoms with Crippen LogP contribution in [0.3, 0.4) is 0 Å². The van der Waals surface area contributed by atoms with Crippen LogP contribution in [0.25, 0.3) is 0 Å². The fraction of sp³-hybridized carbons (Fsp3) is 0.636. The van der Waals surface area contributed by atoms with Gasteiger partial charge in [0.2, 0.25) is 5.95 Å². The maximum absolute atomic E-state index is 5.32. The average molecular weight is 221 g/mol. The first-order chi connectivity index (χ1) is 7.69. The Kier molecular flexibility index (Phi) is 3.24. The Balaban J connectivity index is 2.11. The number of hydrazine groups is 1. The molecule has 0 amide bonds. The van der Waals surface area contributed by atoms with E-state index in [0.717, 1.165) is 11.5 Å². The van der Waals surface area contributed by atoms with Gasteiger partial charge in [-0.2, -0.15) is 4.98 Å². The molecular weight excluding hydrogens is 202 g/mol. The largest absolute Gasteiger partial charge is 0.367 e. The first kappa shape index (κ1) is 11.1. The van der Waals surface area contributed by atoms with E-state index in [-0.39, 0.29) is 0 Å². The summed E-state index contributed by atoms with van der Waals surface area (Å²) in [6.45, 7) is 4.21. The van der Waals surface area contributed by atoms with Gasteiger partial charge < -0.3 is 5.32 Å². The fourth-order valence-corrected chi connectivity index (χ4v) is 2.26. The van der Waals surface area contributed by atoms with E-state index in [4.69, 9.17) is 5.84 Å². The van der Waals surface area contributed by atoms with E-state index in [1.54, 1.807) is 0 Å². The molecule has 1 aromatic heterocycles. The van der Waals surface area contributed by atoms with E-state index >= 15 is 0 Å². The van der Waals surface area contributed by atoms with Crippen molar-refractivity contribution >= 4 is 11.8 Å². The SMILES string of the molecule is Cc1cc(NC2CCCC2C)nc(NN)n1. The lowest BCUT2D eigenvalue weighted by molar-refractivity contribution is 0.555. The molecule has 0 spiro atoms. The third-order valence-electron chi connectivity index (χ3n) is 3.18. The number of nitrogens with one attached hydrogen (secondary N) is 2. The van der Waals surface area contributed by atoms with Gasteiger partial charge in [-0.1, -0.05) is 13.3 Å². The van der Waals surface area contributed by atoms with Crippen LogP contribution in [0.15, 0.2) is 6.07 Å². The highest BCUT2D eigenvalue weighted by atomic mass is 15.3. The molecule has 16 heavy (non-hydrogen) atoms. The zero-order valence-corrected chi connectivity index (χ0v) is 9.83. The van der Waals surface area contributed by atoms with Crippen LogP contribution in [0.2, 0.25) is 0 Å². The van der Waals surface area contributed by atoms with Crippen molar-refractivity contribution in [1.29, 1.82) is 0 Å². The predicted octanol–water partition coefficient (Wildman–Crippen LogP) is 1.67. The smallest absolute Gasteiger partial charge is 0.239 e. The summed E-state index contributed by atoms with van der Waals surface area (Å²) >= 11 is 0. The number of rotatable bonds is 3. The van der Waals surface area contributed by atoms with Crippen molar-refractivity contribution in [3.05, 3.63) is 11.8 Å². The second kappa shape index (κ2) is 4.65. The summed E-state index contributed by atoms with van der Waals surface area (Å²) in [4.78, 5) is 8.45. The highest BCUT2D eigenvalue weighted by molar-refractivity contribution is 5.42. The second-order valence-electron chi connectivity index (χ2n) is 4.52. The zero-order valence-electron chi connectivity index (χ0n) is 9.83. The Bertz CT molecular complexity index is 365. The summed E-state index contributed by atoms with van der Waals surface area (Å²) < 4.78 is 0. The van der Waals surface area contributed by atoms with Crippen LogP contribution in [0, 0.1) is 12.8 Å². The van der Waals surface area contributed by atoms with Crippen molar-refractivity contribution < 1.29 is 0 Å². The molecule has 1 heterocycles.